The molecule has 1 aromatic heterocycles. The summed E-state index contributed by atoms with van der Waals surface area (Å²) in [5.74, 6) is 0.324. The minimum Gasteiger partial charge on any atom is -0.497 e. The first kappa shape index (κ1) is 26.8. The lowest BCUT2D eigenvalue weighted by atomic mass is 9.86. The standard InChI is InChI=1S/C28H29N3O6S2/c1-28(2,3)17-6-13-23-22(14-17)31(39(34,35)20-10-8-19(36-5)9-11-20)16-24(37-23)26(32)29-18-7-12-21-25(15-18)38-27(33)30(21)4/h6-15,24H,16H2,1-5H3,(H,29,32)/t24-/m0/s1. The van der Waals surface area contributed by atoms with E-state index in [4.69, 9.17) is 9.47 Å². The monoisotopic (exact) mass is 567 g/mol. The lowest BCUT2D eigenvalue weighted by Crippen LogP contribution is -2.49. The minimum absolute atomic E-state index is 0.0703. The van der Waals surface area contributed by atoms with E-state index in [9.17, 15) is 18.0 Å². The molecule has 3 aromatic carbocycles. The second kappa shape index (κ2) is 9.73. The van der Waals surface area contributed by atoms with Gasteiger partial charge in [0, 0.05) is 12.7 Å². The Morgan fingerprint density at radius 1 is 1.08 bits per heavy atom. The molecule has 11 heteroatoms. The van der Waals surface area contributed by atoms with Crippen LogP contribution in [-0.4, -0.2) is 38.7 Å². The maximum absolute atomic E-state index is 13.9. The van der Waals surface area contributed by atoms with E-state index >= 15 is 0 Å². The molecule has 0 saturated heterocycles. The van der Waals surface area contributed by atoms with Crippen molar-refractivity contribution in [3.63, 3.8) is 0 Å². The average molecular weight is 568 g/mol. The maximum atomic E-state index is 13.9. The van der Waals surface area contributed by atoms with Gasteiger partial charge in [-0.1, -0.05) is 38.2 Å². The number of nitrogens with zero attached hydrogens (tertiary/aromatic N) is 2. The summed E-state index contributed by atoms with van der Waals surface area (Å²) in [6.45, 7) is 5.90. The van der Waals surface area contributed by atoms with Gasteiger partial charge in [-0.3, -0.25) is 13.9 Å². The summed E-state index contributed by atoms with van der Waals surface area (Å²) in [7, 11) is -0.852. The van der Waals surface area contributed by atoms with Crippen molar-refractivity contribution in [2.45, 2.75) is 37.2 Å². The van der Waals surface area contributed by atoms with Gasteiger partial charge < -0.3 is 19.4 Å². The predicted octanol–water partition coefficient (Wildman–Crippen LogP) is 4.50. The zero-order chi connectivity index (χ0) is 28.1. The molecule has 204 valence electrons. The molecule has 5 rings (SSSR count). The molecule has 0 unspecified atom stereocenters. The number of fused-ring (bicyclic) bond motifs is 2. The molecule has 0 saturated carbocycles. The highest BCUT2D eigenvalue weighted by Gasteiger charge is 2.38. The minimum atomic E-state index is -4.05. The molecule has 4 aromatic rings. The van der Waals surface area contributed by atoms with Crippen LogP contribution in [-0.2, 0) is 27.3 Å². The highest BCUT2D eigenvalue weighted by Crippen LogP contribution is 2.40. The van der Waals surface area contributed by atoms with Gasteiger partial charge in [0.2, 0.25) is 0 Å². The van der Waals surface area contributed by atoms with E-state index in [-0.39, 0.29) is 21.7 Å². The van der Waals surface area contributed by atoms with Gasteiger partial charge in [-0.2, -0.15) is 0 Å². The fourth-order valence-electron chi connectivity index (χ4n) is 4.39. The molecule has 1 amide bonds. The topological polar surface area (TPSA) is 107 Å². The normalized spacial score (nSPS) is 15.5. The van der Waals surface area contributed by atoms with E-state index in [1.807, 2.05) is 26.8 Å². The number of ether oxygens (including phenoxy) is 2. The van der Waals surface area contributed by atoms with Crippen LogP contribution in [0.4, 0.5) is 11.4 Å². The number of hydrogen-bond donors (Lipinski definition) is 1. The third kappa shape index (κ3) is 4.99. The van der Waals surface area contributed by atoms with Crippen molar-refractivity contribution in [3.8, 4) is 11.5 Å². The summed E-state index contributed by atoms with van der Waals surface area (Å²) in [5, 5.41) is 2.82. The zero-order valence-electron chi connectivity index (χ0n) is 22.2. The second-order valence-electron chi connectivity index (χ2n) is 10.3. The van der Waals surface area contributed by atoms with Crippen LogP contribution in [0, 0.1) is 0 Å². The Morgan fingerprint density at radius 2 is 1.79 bits per heavy atom. The van der Waals surface area contributed by atoms with E-state index in [0.717, 1.165) is 27.1 Å². The third-order valence-electron chi connectivity index (χ3n) is 6.69. The highest BCUT2D eigenvalue weighted by atomic mass is 32.2. The molecule has 0 spiro atoms. The third-order valence-corrected chi connectivity index (χ3v) is 9.48. The lowest BCUT2D eigenvalue weighted by molar-refractivity contribution is -0.122. The Hall–Kier alpha value is -3.83. The number of thiazole rings is 1. The number of sulfonamides is 1. The molecule has 0 radical (unpaired) electrons. The van der Waals surface area contributed by atoms with Gasteiger partial charge in [-0.05, 0) is 65.6 Å². The van der Waals surface area contributed by atoms with E-state index in [2.05, 4.69) is 5.32 Å². The first-order chi connectivity index (χ1) is 18.4. The number of aromatic nitrogens is 1. The van der Waals surface area contributed by atoms with Crippen molar-refractivity contribution in [1.82, 2.24) is 4.57 Å². The van der Waals surface area contributed by atoms with Crippen LogP contribution in [0.2, 0.25) is 0 Å². The number of carbonyl (C=O) groups excluding carboxylic acids is 1. The van der Waals surface area contributed by atoms with Crippen LogP contribution in [0.15, 0.2) is 70.4 Å². The summed E-state index contributed by atoms with van der Waals surface area (Å²) in [5.41, 5.74) is 2.31. The number of rotatable bonds is 5. The molecular formula is C28H29N3O6S2. The Morgan fingerprint density at radius 3 is 2.46 bits per heavy atom. The number of hydrogen-bond acceptors (Lipinski definition) is 7. The van der Waals surface area contributed by atoms with Crippen LogP contribution in [0.25, 0.3) is 10.2 Å². The molecule has 0 aliphatic carbocycles. The highest BCUT2D eigenvalue weighted by molar-refractivity contribution is 7.92. The number of carbonyl (C=O) groups is 1. The van der Waals surface area contributed by atoms with Crippen LogP contribution < -0.4 is 24.0 Å². The van der Waals surface area contributed by atoms with Crippen molar-refractivity contribution in [3.05, 3.63) is 75.9 Å². The number of methoxy groups -OCH3 is 1. The van der Waals surface area contributed by atoms with Gasteiger partial charge in [0.1, 0.15) is 11.5 Å². The van der Waals surface area contributed by atoms with Gasteiger partial charge in [-0.15, -0.1) is 0 Å². The first-order valence-electron chi connectivity index (χ1n) is 12.3. The van der Waals surface area contributed by atoms with Crippen molar-refractivity contribution >= 4 is 48.9 Å². The average Bonchev–Trinajstić information content (AvgIpc) is 3.19. The van der Waals surface area contributed by atoms with Crippen LogP contribution in [0.1, 0.15) is 26.3 Å². The molecule has 9 nitrogen and oxygen atoms in total. The van der Waals surface area contributed by atoms with Crippen molar-refractivity contribution in [2.75, 3.05) is 23.3 Å². The van der Waals surface area contributed by atoms with Crippen molar-refractivity contribution in [1.29, 1.82) is 0 Å². The second-order valence-corrected chi connectivity index (χ2v) is 13.2. The fourth-order valence-corrected chi connectivity index (χ4v) is 6.78. The SMILES string of the molecule is COc1ccc(S(=O)(=O)N2C[C@@H](C(=O)Nc3ccc4c(c3)sc(=O)n4C)Oc3ccc(C(C)(C)C)cc32)cc1. The van der Waals surface area contributed by atoms with Crippen molar-refractivity contribution < 1.29 is 22.7 Å². The van der Waals surface area contributed by atoms with E-state index < -0.39 is 22.0 Å². The number of nitrogens with one attached hydrogen (secondary N) is 1. The number of amides is 1. The fraction of sp³-hybridized carbons (Fsp3) is 0.286. The summed E-state index contributed by atoms with van der Waals surface area (Å²) < 4.78 is 42.5. The van der Waals surface area contributed by atoms with Gasteiger partial charge in [-0.25, -0.2) is 8.42 Å². The summed E-state index contributed by atoms with van der Waals surface area (Å²) >= 11 is 1.08. The van der Waals surface area contributed by atoms with Gasteiger partial charge in [0.25, 0.3) is 15.9 Å². The largest absolute Gasteiger partial charge is 0.497 e. The predicted molar refractivity (Wildman–Crippen MR) is 153 cm³/mol. The number of aryl methyl sites for hydroxylation is 1. The van der Waals surface area contributed by atoms with Gasteiger partial charge >= 0.3 is 4.87 Å². The van der Waals surface area contributed by atoms with Gasteiger partial charge in [0.05, 0.1) is 34.5 Å². The smallest absolute Gasteiger partial charge is 0.307 e. The van der Waals surface area contributed by atoms with E-state index in [1.54, 1.807) is 54.1 Å². The molecule has 0 fully saturated rings. The van der Waals surface area contributed by atoms with E-state index in [0.29, 0.717) is 22.9 Å². The Labute approximate surface area is 230 Å². The summed E-state index contributed by atoms with van der Waals surface area (Å²) in [4.78, 5) is 25.3. The summed E-state index contributed by atoms with van der Waals surface area (Å²) in [6.07, 6.45) is -1.11. The zero-order valence-corrected chi connectivity index (χ0v) is 23.9. The number of benzene rings is 3. The van der Waals surface area contributed by atoms with Gasteiger partial charge in [0.15, 0.2) is 6.10 Å². The molecule has 1 aliphatic heterocycles. The molecule has 1 aliphatic rings. The summed E-state index contributed by atoms with van der Waals surface area (Å²) in [6, 6.07) is 16.7. The number of anilines is 2. The molecule has 0 bridgehead atoms. The Balaban J connectivity index is 1.51. The molecular weight excluding hydrogens is 538 g/mol. The molecule has 2 heterocycles. The van der Waals surface area contributed by atoms with Crippen molar-refractivity contribution in [2.24, 2.45) is 7.05 Å². The lowest BCUT2D eigenvalue weighted by Gasteiger charge is -2.36. The first-order valence-corrected chi connectivity index (χ1v) is 14.5. The van der Waals surface area contributed by atoms with Crippen LogP contribution in [0.3, 0.4) is 0 Å². The van der Waals surface area contributed by atoms with E-state index in [1.165, 1.54) is 23.5 Å². The van der Waals surface area contributed by atoms with Crippen LogP contribution in [0.5, 0.6) is 11.5 Å². The Bertz CT molecular complexity index is 1730. The maximum Gasteiger partial charge on any atom is 0.307 e. The quantitative estimate of drug-likeness (QED) is 0.381. The molecule has 1 atom stereocenters. The molecule has 1 N–H and O–H groups in total. The Kier molecular flexibility index (Phi) is 6.68. The van der Waals surface area contributed by atoms with Crippen LogP contribution >= 0.6 is 11.3 Å². The molecule has 39 heavy (non-hydrogen) atoms.